The van der Waals surface area contributed by atoms with E-state index in [9.17, 15) is 0 Å². The van der Waals surface area contributed by atoms with Gasteiger partial charge >= 0.3 is 14.2 Å². The van der Waals surface area contributed by atoms with Gasteiger partial charge in [0, 0.05) is 12.1 Å². The minimum atomic E-state index is -0.292. The molecule has 1 unspecified atom stereocenters. The average molecular weight is 336 g/mol. The van der Waals surface area contributed by atoms with Gasteiger partial charge in [0.05, 0.1) is 22.4 Å². The smallest absolute Gasteiger partial charge is 0.403 e. The van der Waals surface area contributed by atoms with Crippen LogP contribution >= 0.6 is 0 Å². The number of hydrogen-bond donors (Lipinski definition) is 0. The van der Waals surface area contributed by atoms with Crippen LogP contribution in [-0.2, 0) is 18.6 Å². The Morgan fingerprint density at radius 1 is 0.792 bits per heavy atom. The second-order valence-electron chi connectivity index (χ2n) is 9.39. The normalized spacial score (nSPS) is 29.2. The first-order chi connectivity index (χ1) is 10.7. The molecular weight excluding hydrogens is 302 g/mol. The van der Waals surface area contributed by atoms with Gasteiger partial charge in [0.25, 0.3) is 0 Å². The van der Waals surface area contributed by atoms with Crippen LogP contribution in [0.15, 0.2) is 11.6 Å². The van der Waals surface area contributed by atoms with E-state index in [2.05, 4.69) is 75.3 Å². The Hall–Kier alpha value is -0.290. The van der Waals surface area contributed by atoms with Crippen LogP contribution in [0.3, 0.4) is 0 Å². The summed E-state index contributed by atoms with van der Waals surface area (Å²) in [7, 11) is -0.417. The molecule has 0 spiro atoms. The van der Waals surface area contributed by atoms with Crippen molar-refractivity contribution in [1.29, 1.82) is 0 Å². The van der Waals surface area contributed by atoms with Gasteiger partial charge in [-0.25, -0.2) is 0 Å². The lowest BCUT2D eigenvalue weighted by Crippen LogP contribution is -2.41. The lowest BCUT2D eigenvalue weighted by molar-refractivity contribution is 0.00578. The maximum absolute atomic E-state index is 6.13. The van der Waals surface area contributed by atoms with Crippen LogP contribution in [0.4, 0.5) is 0 Å². The monoisotopic (exact) mass is 336 g/mol. The summed E-state index contributed by atoms with van der Waals surface area (Å²) >= 11 is 0. The Labute approximate surface area is 148 Å². The van der Waals surface area contributed by atoms with E-state index in [0.717, 1.165) is 6.32 Å². The molecule has 2 fully saturated rings. The molecule has 0 aliphatic carbocycles. The van der Waals surface area contributed by atoms with Crippen molar-refractivity contribution in [2.24, 2.45) is 0 Å². The third-order valence-electron chi connectivity index (χ3n) is 6.04. The summed E-state index contributed by atoms with van der Waals surface area (Å²) in [5.41, 5.74) is 0.0827. The van der Waals surface area contributed by atoms with Gasteiger partial charge < -0.3 is 18.6 Å². The predicted octanol–water partition coefficient (Wildman–Crippen LogP) is 4.51. The van der Waals surface area contributed by atoms with E-state index < -0.39 is 0 Å². The molecule has 136 valence electrons. The molecule has 0 bridgehead atoms. The summed E-state index contributed by atoms with van der Waals surface area (Å²) in [5.74, 6) is 0.175. The van der Waals surface area contributed by atoms with Crippen LogP contribution in [0, 0.1) is 0 Å². The van der Waals surface area contributed by atoms with Gasteiger partial charge in [-0.1, -0.05) is 18.6 Å². The van der Waals surface area contributed by atoms with Gasteiger partial charge in [-0.05, 0) is 62.3 Å². The lowest BCUT2D eigenvalue weighted by Gasteiger charge is -2.32. The average Bonchev–Trinajstić information content (AvgIpc) is 2.67. The highest BCUT2D eigenvalue weighted by Gasteiger charge is 2.53. The summed E-state index contributed by atoms with van der Waals surface area (Å²) in [6.07, 6.45) is 2.98. The van der Waals surface area contributed by atoms with Crippen molar-refractivity contribution in [2.45, 2.75) is 104 Å². The zero-order valence-electron chi connectivity index (χ0n) is 17.1. The Balaban J connectivity index is 1.97. The molecule has 0 N–H and O–H groups in total. The van der Waals surface area contributed by atoms with Gasteiger partial charge in [0.15, 0.2) is 0 Å². The summed E-state index contributed by atoms with van der Waals surface area (Å²) in [6, 6.07) is 0. The van der Waals surface area contributed by atoms with Crippen molar-refractivity contribution in [3.05, 3.63) is 11.6 Å². The molecule has 0 aromatic heterocycles. The molecular formula is C18H34B2O4. The fraction of sp³-hybridized carbons (Fsp3) is 0.889. The first-order valence-corrected chi connectivity index (χ1v) is 9.05. The van der Waals surface area contributed by atoms with E-state index in [1.165, 1.54) is 5.57 Å². The van der Waals surface area contributed by atoms with Crippen LogP contribution in [-0.4, -0.2) is 36.6 Å². The molecule has 1 atom stereocenters. The fourth-order valence-electron chi connectivity index (χ4n) is 3.01. The first kappa shape index (κ1) is 20.0. The summed E-state index contributed by atoms with van der Waals surface area (Å²) < 4.78 is 24.4. The second-order valence-corrected chi connectivity index (χ2v) is 9.39. The van der Waals surface area contributed by atoms with Crippen molar-refractivity contribution >= 4 is 14.2 Å². The first-order valence-electron chi connectivity index (χ1n) is 9.05. The van der Waals surface area contributed by atoms with Crippen molar-refractivity contribution in [1.82, 2.24) is 0 Å². The standard InChI is InChI=1S/C18H34B2O4/c1-13(12-19-21-15(3,4)16(5,6)22-19)11-14(2)20-23-17(7,8)18(9,10)24-20/h11,14H,12H2,1-10H3/b13-11-. The Bertz CT molecular complexity index is 479. The van der Waals surface area contributed by atoms with E-state index >= 15 is 0 Å². The van der Waals surface area contributed by atoms with Gasteiger partial charge in [0.1, 0.15) is 0 Å². The molecule has 2 rings (SSSR count). The lowest BCUT2D eigenvalue weighted by atomic mass is 9.70. The Morgan fingerprint density at radius 3 is 1.58 bits per heavy atom. The molecule has 6 heteroatoms. The largest absolute Gasteiger partial charge is 0.464 e. The van der Waals surface area contributed by atoms with Crippen LogP contribution in [0.25, 0.3) is 0 Å². The number of allylic oxidation sites excluding steroid dienone is 2. The number of hydrogen-bond acceptors (Lipinski definition) is 4. The van der Waals surface area contributed by atoms with Crippen molar-refractivity contribution in [3.63, 3.8) is 0 Å². The fourth-order valence-corrected chi connectivity index (χ4v) is 3.01. The van der Waals surface area contributed by atoms with Gasteiger partial charge in [-0.2, -0.15) is 0 Å². The topological polar surface area (TPSA) is 36.9 Å². The molecule has 24 heavy (non-hydrogen) atoms. The molecule has 2 aliphatic heterocycles. The second kappa shape index (κ2) is 6.15. The number of rotatable bonds is 4. The van der Waals surface area contributed by atoms with Crippen LogP contribution in [0.5, 0.6) is 0 Å². The molecule has 2 aliphatic rings. The minimum Gasteiger partial charge on any atom is -0.403 e. The molecule has 0 radical (unpaired) electrons. The van der Waals surface area contributed by atoms with E-state index in [-0.39, 0.29) is 42.5 Å². The third-order valence-corrected chi connectivity index (χ3v) is 6.04. The molecule has 0 amide bonds. The van der Waals surface area contributed by atoms with Crippen molar-refractivity contribution < 1.29 is 18.6 Å². The van der Waals surface area contributed by atoms with E-state index in [4.69, 9.17) is 18.6 Å². The SMILES string of the molecule is C/C(=C/C(C)B1OC(C)(C)C(C)(C)O1)CB1OC(C)(C)C(C)(C)O1. The zero-order chi connectivity index (χ0) is 18.6. The van der Waals surface area contributed by atoms with Crippen molar-refractivity contribution in [2.75, 3.05) is 0 Å². The maximum atomic E-state index is 6.13. The van der Waals surface area contributed by atoms with Gasteiger partial charge in [-0.15, -0.1) is 0 Å². The van der Waals surface area contributed by atoms with Crippen LogP contribution < -0.4 is 0 Å². The zero-order valence-corrected chi connectivity index (χ0v) is 17.1. The maximum Gasteiger partial charge on any atom is 0.464 e. The van der Waals surface area contributed by atoms with Gasteiger partial charge in [0.2, 0.25) is 0 Å². The van der Waals surface area contributed by atoms with Crippen molar-refractivity contribution in [3.8, 4) is 0 Å². The third kappa shape index (κ3) is 3.77. The Kier molecular flexibility index (Phi) is 5.13. The van der Waals surface area contributed by atoms with E-state index in [1.54, 1.807) is 0 Å². The van der Waals surface area contributed by atoms with E-state index in [1.807, 2.05) is 0 Å². The highest BCUT2D eigenvalue weighted by atomic mass is 16.7. The summed E-state index contributed by atoms with van der Waals surface area (Å²) in [6.45, 7) is 20.9. The molecule has 0 saturated carbocycles. The molecule has 2 heterocycles. The molecule has 0 aromatic carbocycles. The van der Waals surface area contributed by atoms with Crippen LogP contribution in [0.2, 0.25) is 12.1 Å². The van der Waals surface area contributed by atoms with Crippen LogP contribution in [0.1, 0.15) is 69.2 Å². The highest BCUT2D eigenvalue weighted by molar-refractivity contribution is 6.48. The quantitative estimate of drug-likeness (QED) is 0.559. The van der Waals surface area contributed by atoms with Gasteiger partial charge in [-0.3, -0.25) is 0 Å². The Morgan fingerprint density at radius 2 is 1.17 bits per heavy atom. The predicted molar refractivity (Wildman–Crippen MR) is 100 cm³/mol. The minimum absolute atomic E-state index is 0.175. The molecule has 0 aromatic rings. The highest BCUT2D eigenvalue weighted by Crippen LogP contribution is 2.41. The van der Waals surface area contributed by atoms with E-state index in [0.29, 0.717) is 0 Å². The molecule has 4 nitrogen and oxygen atoms in total. The summed E-state index contributed by atoms with van der Waals surface area (Å²) in [4.78, 5) is 0. The summed E-state index contributed by atoms with van der Waals surface area (Å²) in [5, 5.41) is 0. The molecule has 2 saturated heterocycles.